The Kier molecular flexibility index (Phi) is 2.86. The summed E-state index contributed by atoms with van der Waals surface area (Å²) in [5, 5.41) is 6.43. The van der Waals surface area contributed by atoms with Crippen molar-refractivity contribution in [2.75, 3.05) is 6.54 Å². The van der Waals surface area contributed by atoms with Crippen molar-refractivity contribution >= 4 is 10.8 Å². The molecule has 0 aliphatic carbocycles. The summed E-state index contributed by atoms with van der Waals surface area (Å²) in [5.74, 6) is 0.792. The fourth-order valence-electron chi connectivity index (χ4n) is 3.08. The molecule has 0 bridgehead atoms. The lowest BCUT2D eigenvalue weighted by molar-refractivity contribution is 0.452. The standard InChI is InChI=1S/C16H19N/c1-2-12-10-11-17-16(12)15-9-5-7-13-6-3-4-8-14(13)15/h3-9,12,16-17H,2,10-11H2,1H3/t12-,16+/m1/s1. The molecule has 1 aliphatic rings. The van der Waals surface area contributed by atoms with Gasteiger partial charge in [0.25, 0.3) is 0 Å². The van der Waals surface area contributed by atoms with Crippen molar-refractivity contribution in [2.45, 2.75) is 25.8 Å². The van der Waals surface area contributed by atoms with E-state index in [1.54, 1.807) is 0 Å². The molecule has 0 unspecified atom stereocenters. The molecule has 2 aromatic rings. The summed E-state index contributed by atoms with van der Waals surface area (Å²) in [4.78, 5) is 0. The summed E-state index contributed by atoms with van der Waals surface area (Å²) in [6.45, 7) is 3.46. The molecule has 0 saturated carbocycles. The number of rotatable bonds is 2. The van der Waals surface area contributed by atoms with Gasteiger partial charge in [-0.25, -0.2) is 0 Å². The molecule has 1 N–H and O–H groups in total. The van der Waals surface area contributed by atoms with Crippen LogP contribution in [0.1, 0.15) is 31.4 Å². The van der Waals surface area contributed by atoms with Crippen molar-refractivity contribution in [2.24, 2.45) is 5.92 Å². The monoisotopic (exact) mass is 225 g/mol. The number of hydrogen-bond acceptors (Lipinski definition) is 1. The Morgan fingerprint density at radius 1 is 1.12 bits per heavy atom. The molecule has 1 heteroatoms. The average Bonchev–Trinajstić information content (AvgIpc) is 2.86. The SMILES string of the molecule is CC[C@@H]1CCN[C@@H]1c1cccc2ccccc12. The lowest BCUT2D eigenvalue weighted by Crippen LogP contribution is -2.17. The second kappa shape index (κ2) is 4.50. The minimum atomic E-state index is 0.547. The van der Waals surface area contributed by atoms with Crippen LogP contribution in [0.15, 0.2) is 42.5 Å². The lowest BCUT2D eigenvalue weighted by atomic mass is 9.89. The van der Waals surface area contributed by atoms with Gasteiger partial charge in [0.05, 0.1) is 0 Å². The first kappa shape index (κ1) is 10.8. The summed E-state index contributed by atoms with van der Waals surface area (Å²) < 4.78 is 0. The van der Waals surface area contributed by atoms with E-state index >= 15 is 0 Å². The van der Waals surface area contributed by atoms with Crippen molar-refractivity contribution in [1.82, 2.24) is 5.32 Å². The van der Waals surface area contributed by atoms with Crippen LogP contribution in [0.4, 0.5) is 0 Å². The first-order chi connectivity index (χ1) is 8.40. The van der Waals surface area contributed by atoms with E-state index in [0.717, 1.165) is 12.5 Å². The molecule has 0 aromatic heterocycles. The largest absolute Gasteiger partial charge is 0.310 e. The third-order valence-corrected chi connectivity index (χ3v) is 4.03. The van der Waals surface area contributed by atoms with Crippen LogP contribution in [0.5, 0.6) is 0 Å². The Morgan fingerprint density at radius 2 is 1.94 bits per heavy atom. The Bertz CT molecular complexity index is 512. The van der Waals surface area contributed by atoms with Gasteiger partial charge in [-0.05, 0) is 35.2 Å². The molecule has 1 saturated heterocycles. The molecule has 2 atom stereocenters. The van der Waals surface area contributed by atoms with E-state index in [1.807, 2.05) is 0 Å². The molecular weight excluding hydrogens is 206 g/mol. The van der Waals surface area contributed by atoms with Crippen LogP contribution < -0.4 is 5.32 Å². The quantitative estimate of drug-likeness (QED) is 0.817. The van der Waals surface area contributed by atoms with Crippen molar-refractivity contribution in [3.8, 4) is 0 Å². The molecule has 0 amide bonds. The third kappa shape index (κ3) is 1.85. The maximum atomic E-state index is 3.67. The second-order valence-corrected chi connectivity index (χ2v) is 4.96. The van der Waals surface area contributed by atoms with E-state index in [0.29, 0.717) is 6.04 Å². The summed E-state index contributed by atoms with van der Waals surface area (Å²) in [6, 6.07) is 15.9. The first-order valence-corrected chi connectivity index (χ1v) is 6.61. The number of nitrogens with one attached hydrogen (secondary N) is 1. The Morgan fingerprint density at radius 3 is 2.82 bits per heavy atom. The Hall–Kier alpha value is -1.34. The van der Waals surface area contributed by atoms with Gasteiger partial charge in [0.1, 0.15) is 0 Å². The van der Waals surface area contributed by atoms with E-state index in [9.17, 15) is 0 Å². The van der Waals surface area contributed by atoms with Crippen LogP contribution >= 0.6 is 0 Å². The van der Waals surface area contributed by atoms with Crippen LogP contribution in [0.3, 0.4) is 0 Å². The van der Waals surface area contributed by atoms with Gasteiger partial charge in [-0.2, -0.15) is 0 Å². The predicted octanol–water partition coefficient (Wildman–Crippen LogP) is 3.90. The zero-order chi connectivity index (χ0) is 11.7. The highest BCUT2D eigenvalue weighted by Gasteiger charge is 2.27. The van der Waals surface area contributed by atoms with E-state index in [4.69, 9.17) is 0 Å². The first-order valence-electron chi connectivity index (χ1n) is 6.61. The maximum absolute atomic E-state index is 3.67. The maximum Gasteiger partial charge on any atom is 0.0355 e. The molecule has 2 aromatic carbocycles. The molecule has 88 valence electrons. The van der Waals surface area contributed by atoms with E-state index < -0.39 is 0 Å². The molecule has 1 aliphatic heterocycles. The minimum Gasteiger partial charge on any atom is -0.310 e. The van der Waals surface area contributed by atoms with E-state index in [-0.39, 0.29) is 0 Å². The zero-order valence-electron chi connectivity index (χ0n) is 10.3. The zero-order valence-corrected chi connectivity index (χ0v) is 10.3. The van der Waals surface area contributed by atoms with Crippen LogP contribution in [0, 0.1) is 5.92 Å². The molecule has 0 spiro atoms. The highest BCUT2D eigenvalue weighted by atomic mass is 14.9. The summed E-state index contributed by atoms with van der Waals surface area (Å²) in [5.41, 5.74) is 1.48. The Balaban J connectivity index is 2.10. The van der Waals surface area contributed by atoms with E-state index in [1.165, 1.54) is 29.2 Å². The fourth-order valence-corrected chi connectivity index (χ4v) is 3.08. The summed E-state index contributed by atoms with van der Waals surface area (Å²) in [6.07, 6.45) is 2.57. The van der Waals surface area contributed by atoms with Gasteiger partial charge in [0, 0.05) is 6.04 Å². The summed E-state index contributed by atoms with van der Waals surface area (Å²) in [7, 11) is 0. The number of hydrogen-bond donors (Lipinski definition) is 1. The molecule has 0 radical (unpaired) electrons. The smallest absolute Gasteiger partial charge is 0.0355 e. The van der Waals surface area contributed by atoms with Crippen LogP contribution in [0.2, 0.25) is 0 Å². The number of benzene rings is 2. The molecule has 17 heavy (non-hydrogen) atoms. The molecule has 1 heterocycles. The number of fused-ring (bicyclic) bond motifs is 1. The van der Waals surface area contributed by atoms with Crippen molar-refractivity contribution < 1.29 is 0 Å². The minimum absolute atomic E-state index is 0.547. The van der Waals surface area contributed by atoms with Gasteiger partial charge in [0.2, 0.25) is 0 Å². The summed E-state index contributed by atoms with van der Waals surface area (Å²) >= 11 is 0. The van der Waals surface area contributed by atoms with Gasteiger partial charge in [-0.15, -0.1) is 0 Å². The lowest BCUT2D eigenvalue weighted by Gasteiger charge is -2.20. The van der Waals surface area contributed by atoms with Crippen LogP contribution in [-0.2, 0) is 0 Å². The topological polar surface area (TPSA) is 12.0 Å². The van der Waals surface area contributed by atoms with Crippen LogP contribution in [-0.4, -0.2) is 6.54 Å². The van der Waals surface area contributed by atoms with Gasteiger partial charge in [-0.3, -0.25) is 0 Å². The van der Waals surface area contributed by atoms with Crippen molar-refractivity contribution in [3.05, 3.63) is 48.0 Å². The van der Waals surface area contributed by atoms with Crippen molar-refractivity contribution in [3.63, 3.8) is 0 Å². The van der Waals surface area contributed by atoms with Crippen LogP contribution in [0.25, 0.3) is 10.8 Å². The van der Waals surface area contributed by atoms with Gasteiger partial charge in [0.15, 0.2) is 0 Å². The fraction of sp³-hybridized carbons (Fsp3) is 0.375. The Labute approximate surface area is 103 Å². The van der Waals surface area contributed by atoms with E-state index in [2.05, 4.69) is 54.7 Å². The molecule has 1 fully saturated rings. The molecular formula is C16H19N. The molecule has 1 nitrogen and oxygen atoms in total. The highest BCUT2D eigenvalue weighted by Crippen LogP contribution is 2.35. The van der Waals surface area contributed by atoms with Gasteiger partial charge in [-0.1, -0.05) is 55.8 Å². The normalized spacial score (nSPS) is 24.3. The third-order valence-electron chi connectivity index (χ3n) is 4.03. The predicted molar refractivity (Wildman–Crippen MR) is 73.1 cm³/mol. The van der Waals surface area contributed by atoms with Crippen molar-refractivity contribution in [1.29, 1.82) is 0 Å². The van der Waals surface area contributed by atoms with Gasteiger partial charge >= 0.3 is 0 Å². The second-order valence-electron chi connectivity index (χ2n) is 4.96. The highest BCUT2D eigenvalue weighted by molar-refractivity contribution is 5.86. The van der Waals surface area contributed by atoms with Gasteiger partial charge < -0.3 is 5.32 Å². The average molecular weight is 225 g/mol. The molecule has 3 rings (SSSR count).